The van der Waals surface area contributed by atoms with Gasteiger partial charge in [0, 0.05) is 17.5 Å². The molecule has 4 rings (SSSR count). The molecule has 178 valence electrons. The van der Waals surface area contributed by atoms with Crippen molar-refractivity contribution in [2.45, 2.75) is 39.3 Å². The number of piperidine rings is 1. The fraction of sp³-hybridized carbons (Fsp3) is 0.360. The fourth-order valence-corrected chi connectivity index (χ4v) is 4.20. The van der Waals surface area contributed by atoms with Crippen molar-refractivity contribution in [3.05, 3.63) is 65.0 Å². The van der Waals surface area contributed by atoms with Crippen LogP contribution in [0.3, 0.4) is 0 Å². The molecular weight excluding hydrogens is 454 g/mol. The Hall–Kier alpha value is -3.23. The van der Waals surface area contributed by atoms with Gasteiger partial charge in [0.1, 0.15) is 0 Å². The average Bonchev–Trinajstić information content (AvgIpc) is 3.28. The van der Waals surface area contributed by atoms with Crippen LogP contribution in [0, 0.1) is 5.92 Å². The third-order valence-corrected chi connectivity index (χ3v) is 6.08. The number of amides is 2. The van der Waals surface area contributed by atoms with Gasteiger partial charge in [0.05, 0.1) is 22.8 Å². The Kier molecular flexibility index (Phi) is 7.59. The van der Waals surface area contributed by atoms with E-state index in [-0.39, 0.29) is 23.8 Å². The predicted octanol–water partition coefficient (Wildman–Crippen LogP) is 4.38. The summed E-state index contributed by atoms with van der Waals surface area (Å²) in [5.41, 5.74) is 1.73. The maximum atomic E-state index is 12.9. The Morgan fingerprint density at radius 2 is 1.82 bits per heavy atom. The normalized spacial score (nSPS) is 14.8. The second kappa shape index (κ2) is 10.8. The molecule has 3 aromatic rings. The molecule has 0 atom stereocenters. The van der Waals surface area contributed by atoms with Crippen molar-refractivity contribution in [3.8, 4) is 11.4 Å². The van der Waals surface area contributed by atoms with Gasteiger partial charge in [-0.15, -0.1) is 0 Å². The quantitative estimate of drug-likeness (QED) is 0.519. The summed E-state index contributed by atoms with van der Waals surface area (Å²) in [4.78, 5) is 32.0. The smallest absolute Gasteiger partial charge is 0.253 e. The number of carbonyl (C=O) groups excluding carboxylic acids is 2. The van der Waals surface area contributed by atoms with Crippen molar-refractivity contribution < 1.29 is 14.1 Å². The number of rotatable bonds is 7. The number of carbonyl (C=O) groups is 2. The fourth-order valence-electron chi connectivity index (χ4n) is 3.98. The highest BCUT2D eigenvalue weighted by atomic mass is 35.5. The summed E-state index contributed by atoms with van der Waals surface area (Å²) in [6.07, 6.45) is 1.41. The van der Waals surface area contributed by atoms with E-state index in [2.05, 4.69) is 25.7 Å². The standard InChI is InChI=1S/C25H28ClN5O3/c1-16(2)27-25(33)19-8-4-6-10-21(19)28-24(32)17-11-13-31(14-12-17)15-22-29-23(30-34-22)18-7-3-5-9-20(18)26/h3-10,16-17H,11-15H2,1-2H3,(H,27,33)(H,28,32). The second-order valence-electron chi connectivity index (χ2n) is 8.70. The van der Waals surface area contributed by atoms with Crippen LogP contribution < -0.4 is 10.6 Å². The van der Waals surface area contributed by atoms with E-state index in [1.807, 2.05) is 38.1 Å². The van der Waals surface area contributed by atoms with E-state index in [1.54, 1.807) is 24.3 Å². The number of benzene rings is 2. The minimum atomic E-state index is -0.198. The predicted molar refractivity (Wildman–Crippen MR) is 130 cm³/mol. The first kappa shape index (κ1) is 23.9. The summed E-state index contributed by atoms with van der Waals surface area (Å²) in [5, 5.41) is 10.4. The monoisotopic (exact) mass is 481 g/mol. The minimum Gasteiger partial charge on any atom is -0.350 e. The Morgan fingerprint density at radius 3 is 2.56 bits per heavy atom. The van der Waals surface area contributed by atoms with Crippen LogP contribution in [0.1, 0.15) is 42.9 Å². The molecular formula is C25H28ClN5O3. The lowest BCUT2D eigenvalue weighted by Gasteiger charge is -2.30. The minimum absolute atomic E-state index is 0.0141. The van der Waals surface area contributed by atoms with Gasteiger partial charge in [-0.25, -0.2) is 0 Å². The number of anilines is 1. The van der Waals surface area contributed by atoms with E-state index in [0.717, 1.165) is 18.7 Å². The van der Waals surface area contributed by atoms with Crippen molar-refractivity contribution >= 4 is 29.1 Å². The number of nitrogens with zero attached hydrogens (tertiary/aromatic N) is 3. The van der Waals surface area contributed by atoms with Gasteiger partial charge in [0.25, 0.3) is 5.91 Å². The van der Waals surface area contributed by atoms with Crippen LogP contribution in [0.25, 0.3) is 11.4 Å². The van der Waals surface area contributed by atoms with Crippen molar-refractivity contribution in [3.63, 3.8) is 0 Å². The third kappa shape index (κ3) is 5.81. The van der Waals surface area contributed by atoms with Gasteiger partial charge in [-0.1, -0.05) is 41.0 Å². The Balaban J connectivity index is 1.31. The molecule has 0 aliphatic carbocycles. The zero-order chi connectivity index (χ0) is 24.1. The van der Waals surface area contributed by atoms with Gasteiger partial charge in [0.2, 0.25) is 17.6 Å². The summed E-state index contributed by atoms with van der Waals surface area (Å²) < 4.78 is 5.41. The highest BCUT2D eigenvalue weighted by molar-refractivity contribution is 6.33. The number of halogens is 1. The number of aromatic nitrogens is 2. The summed E-state index contributed by atoms with van der Waals surface area (Å²) >= 11 is 6.22. The van der Waals surface area contributed by atoms with Gasteiger partial charge in [-0.05, 0) is 64.0 Å². The Morgan fingerprint density at radius 1 is 1.12 bits per heavy atom. The molecule has 1 saturated heterocycles. The van der Waals surface area contributed by atoms with E-state index in [0.29, 0.717) is 47.4 Å². The van der Waals surface area contributed by atoms with Crippen LogP contribution in [0.4, 0.5) is 5.69 Å². The van der Waals surface area contributed by atoms with Crippen molar-refractivity contribution in [1.29, 1.82) is 0 Å². The van der Waals surface area contributed by atoms with Crippen LogP contribution in [0.15, 0.2) is 53.1 Å². The molecule has 1 aliphatic rings. The van der Waals surface area contributed by atoms with E-state index in [4.69, 9.17) is 16.1 Å². The molecule has 9 heteroatoms. The third-order valence-electron chi connectivity index (χ3n) is 5.75. The van der Waals surface area contributed by atoms with Gasteiger partial charge >= 0.3 is 0 Å². The zero-order valence-corrected chi connectivity index (χ0v) is 20.0. The van der Waals surface area contributed by atoms with Crippen LogP contribution in [-0.4, -0.2) is 46.0 Å². The summed E-state index contributed by atoms with van der Waals surface area (Å²) in [7, 11) is 0. The van der Waals surface area contributed by atoms with Crippen LogP contribution in [-0.2, 0) is 11.3 Å². The highest BCUT2D eigenvalue weighted by Crippen LogP contribution is 2.26. The van der Waals surface area contributed by atoms with E-state index in [9.17, 15) is 9.59 Å². The molecule has 8 nitrogen and oxygen atoms in total. The summed E-state index contributed by atoms with van der Waals surface area (Å²) in [5.74, 6) is 0.594. The van der Waals surface area contributed by atoms with Crippen molar-refractivity contribution in [2.75, 3.05) is 18.4 Å². The molecule has 2 heterocycles. The molecule has 0 bridgehead atoms. The SMILES string of the molecule is CC(C)NC(=O)c1ccccc1NC(=O)C1CCN(Cc2nc(-c3ccccc3Cl)no2)CC1. The van der Waals surface area contributed by atoms with Crippen molar-refractivity contribution in [2.24, 2.45) is 5.92 Å². The first-order chi connectivity index (χ1) is 16.4. The number of nitrogens with one attached hydrogen (secondary N) is 2. The van der Waals surface area contributed by atoms with E-state index >= 15 is 0 Å². The molecule has 0 spiro atoms. The largest absolute Gasteiger partial charge is 0.350 e. The average molecular weight is 482 g/mol. The van der Waals surface area contributed by atoms with Crippen LogP contribution >= 0.6 is 11.6 Å². The molecule has 1 aromatic heterocycles. The Labute approximate surface area is 203 Å². The van der Waals surface area contributed by atoms with E-state index in [1.165, 1.54) is 0 Å². The number of para-hydroxylation sites is 1. The highest BCUT2D eigenvalue weighted by Gasteiger charge is 2.27. The number of hydrogen-bond acceptors (Lipinski definition) is 6. The molecule has 0 saturated carbocycles. The van der Waals surface area contributed by atoms with Gasteiger partial charge < -0.3 is 15.2 Å². The molecule has 2 N–H and O–H groups in total. The molecule has 34 heavy (non-hydrogen) atoms. The van der Waals surface area contributed by atoms with Crippen LogP contribution in [0.2, 0.25) is 5.02 Å². The van der Waals surface area contributed by atoms with Crippen LogP contribution in [0.5, 0.6) is 0 Å². The Bertz CT molecular complexity index is 1150. The van der Waals surface area contributed by atoms with Gasteiger partial charge in [-0.2, -0.15) is 4.98 Å². The first-order valence-electron chi connectivity index (χ1n) is 11.4. The number of likely N-dealkylation sites (tertiary alicyclic amines) is 1. The van der Waals surface area contributed by atoms with Crippen molar-refractivity contribution in [1.82, 2.24) is 20.4 Å². The summed E-state index contributed by atoms with van der Waals surface area (Å²) in [6.45, 7) is 5.79. The molecule has 1 fully saturated rings. The van der Waals surface area contributed by atoms with Gasteiger partial charge in [0.15, 0.2) is 0 Å². The molecule has 2 amide bonds. The lowest BCUT2D eigenvalue weighted by Crippen LogP contribution is -2.38. The number of hydrogen-bond donors (Lipinski definition) is 2. The molecule has 0 radical (unpaired) electrons. The molecule has 1 aliphatic heterocycles. The van der Waals surface area contributed by atoms with E-state index < -0.39 is 0 Å². The topological polar surface area (TPSA) is 100 Å². The molecule has 0 unspecified atom stereocenters. The lowest BCUT2D eigenvalue weighted by atomic mass is 9.95. The first-order valence-corrected chi connectivity index (χ1v) is 11.8. The lowest BCUT2D eigenvalue weighted by molar-refractivity contribution is -0.121. The second-order valence-corrected chi connectivity index (χ2v) is 9.11. The maximum absolute atomic E-state index is 12.9. The maximum Gasteiger partial charge on any atom is 0.253 e. The summed E-state index contributed by atoms with van der Waals surface area (Å²) in [6, 6.07) is 14.5. The van der Waals surface area contributed by atoms with Gasteiger partial charge in [-0.3, -0.25) is 14.5 Å². The molecule has 2 aromatic carbocycles. The zero-order valence-electron chi connectivity index (χ0n) is 19.3.